The highest BCUT2D eigenvalue weighted by Gasteiger charge is 2.27. The highest BCUT2D eigenvalue weighted by atomic mass is 19.1. The molecule has 1 fully saturated rings. The summed E-state index contributed by atoms with van der Waals surface area (Å²) in [4.78, 5) is 28.3. The molecule has 0 aromatic heterocycles. The van der Waals surface area contributed by atoms with E-state index in [1.165, 1.54) is 12.1 Å². The van der Waals surface area contributed by atoms with Gasteiger partial charge in [-0.05, 0) is 48.9 Å². The van der Waals surface area contributed by atoms with Gasteiger partial charge in [0, 0.05) is 30.0 Å². The van der Waals surface area contributed by atoms with Gasteiger partial charge >= 0.3 is 6.03 Å². The van der Waals surface area contributed by atoms with Crippen molar-refractivity contribution < 1.29 is 22.8 Å². The number of nitrogens with one attached hydrogen (secondary N) is 1. The molecular formula is C24H20F3N3O2. The zero-order valence-corrected chi connectivity index (χ0v) is 17.0. The quantitative estimate of drug-likeness (QED) is 0.595. The second kappa shape index (κ2) is 9.13. The minimum atomic E-state index is -0.951. The second-order valence-electron chi connectivity index (χ2n) is 7.40. The van der Waals surface area contributed by atoms with Crippen LogP contribution >= 0.6 is 0 Å². The Morgan fingerprint density at radius 1 is 0.844 bits per heavy atom. The molecule has 1 N–H and O–H groups in total. The predicted octanol–water partition coefficient (Wildman–Crippen LogP) is 5.19. The van der Waals surface area contributed by atoms with Crippen LogP contribution in [0.3, 0.4) is 0 Å². The van der Waals surface area contributed by atoms with Crippen LogP contribution in [0.1, 0.15) is 22.3 Å². The van der Waals surface area contributed by atoms with E-state index in [4.69, 9.17) is 0 Å². The molecule has 0 aliphatic carbocycles. The number of benzene rings is 3. The van der Waals surface area contributed by atoms with E-state index in [1.807, 2.05) is 0 Å². The number of anilines is 2. The summed E-state index contributed by atoms with van der Waals surface area (Å²) in [6.45, 7) is 1.19. The van der Waals surface area contributed by atoms with Crippen LogP contribution in [0, 0.1) is 17.5 Å². The van der Waals surface area contributed by atoms with Gasteiger partial charge in [-0.3, -0.25) is 9.69 Å². The van der Waals surface area contributed by atoms with E-state index in [0.29, 0.717) is 36.4 Å². The molecule has 3 amide bonds. The minimum absolute atomic E-state index is 0.171. The summed E-state index contributed by atoms with van der Waals surface area (Å²) in [5.41, 5.74) is 0.713. The molecule has 32 heavy (non-hydrogen) atoms. The molecular weight excluding hydrogens is 419 g/mol. The van der Waals surface area contributed by atoms with E-state index in [1.54, 1.807) is 52.3 Å². The molecule has 0 atom stereocenters. The Labute approximate surface area is 183 Å². The maximum absolute atomic E-state index is 14.0. The Kier molecular flexibility index (Phi) is 6.11. The number of halogens is 3. The molecule has 1 aliphatic rings. The maximum atomic E-state index is 14.0. The average Bonchev–Trinajstić information content (AvgIpc) is 2.77. The van der Waals surface area contributed by atoms with Gasteiger partial charge in [-0.2, -0.15) is 0 Å². The van der Waals surface area contributed by atoms with Gasteiger partial charge in [-0.1, -0.05) is 24.3 Å². The second-order valence-corrected chi connectivity index (χ2v) is 7.40. The highest BCUT2D eigenvalue weighted by Crippen LogP contribution is 2.24. The van der Waals surface area contributed by atoms with Gasteiger partial charge in [-0.25, -0.2) is 18.0 Å². The molecule has 3 aromatic carbocycles. The first kappa shape index (κ1) is 21.4. The molecule has 0 bridgehead atoms. The van der Waals surface area contributed by atoms with Crippen LogP contribution < -0.4 is 10.2 Å². The van der Waals surface area contributed by atoms with E-state index >= 15 is 0 Å². The lowest BCUT2D eigenvalue weighted by Crippen LogP contribution is -2.49. The summed E-state index contributed by atoms with van der Waals surface area (Å²) in [5, 5.41) is 2.45. The summed E-state index contributed by atoms with van der Waals surface area (Å²) < 4.78 is 41.6. The molecule has 1 aliphatic heterocycles. The van der Waals surface area contributed by atoms with Gasteiger partial charge in [0.2, 0.25) is 0 Å². The molecule has 5 nitrogen and oxygen atoms in total. The van der Waals surface area contributed by atoms with Crippen molar-refractivity contribution in [2.75, 3.05) is 23.3 Å². The first-order valence-corrected chi connectivity index (χ1v) is 10.1. The van der Waals surface area contributed by atoms with Gasteiger partial charge in [-0.15, -0.1) is 0 Å². The third-order valence-electron chi connectivity index (χ3n) is 5.26. The highest BCUT2D eigenvalue weighted by molar-refractivity contribution is 6.04. The lowest BCUT2D eigenvalue weighted by atomic mass is 10.1. The molecule has 0 unspecified atom stereocenters. The van der Waals surface area contributed by atoms with Crippen molar-refractivity contribution in [3.63, 3.8) is 0 Å². The van der Waals surface area contributed by atoms with Crippen molar-refractivity contribution in [1.82, 2.24) is 4.90 Å². The third kappa shape index (κ3) is 4.44. The summed E-state index contributed by atoms with van der Waals surface area (Å²) in [5.74, 6) is -3.16. The first-order chi connectivity index (χ1) is 15.4. The smallest absolute Gasteiger partial charge is 0.322 e. The van der Waals surface area contributed by atoms with Crippen LogP contribution in [0.25, 0.3) is 0 Å². The van der Waals surface area contributed by atoms with Gasteiger partial charge in [0.1, 0.15) is 23.0 Å². The normalized spacial score (nSPS) is 13.9. The van der Waals surface area contributed by atoms with Crippen molar-refractivity contribution >= 4 is 23.3 Å². The van der Waals surface area contributed by atoms with E-state index in [-0.39, 0.29) is 18.4 Å². The molecule has 3 aromatic rings. The van der Waals surface area contributed by atoms with Crippen LogP contribution in [-0.4, -0.2) is 29.9 Å². The molecule has 0 radical (unpaired) electrons. The van der Waals surface area contributed by atoms with Crippen LogP contribution in [-0.2, 0) is 6.54 Å². The minimum Gasteiger partial charge on any atom is -0.322 e. The number of urea groups is 1. The zero-order valence-electron chi connectivity index (χ0n) is 17.0. The third-order valence-corrected chi connectivity index (χ3v) is 5.26. The summed E-state index contributed by atoms with van der Waals surface area (Å²) in [6, 6.07) is 15.7. The van der Waals surface area contributed by atoms with Crippen LogP contribution in [0.15, 0.2) is 66.7 Å². The number of hydrogen-bond acceptors (Lipinski definition) is 2. The number of rotatable bonds is 5. The molecule has 4 rings (SSSR count). The Hall–Kier alpha value is -3.81. The molecule has 164 valence electrons. The standard InChI is InChI=1S/C24H20F3N3O2/c25-19-6-2-1-5-16(19)15-29-13-4-14-30(24(29)32)18-11-9-17(10-12-18)28-23(31)22-20(26)7-3-8-21(22)27/h1-3,5-12H,4,13-15H2,(H,28,31). The van der Waals surface area contributed by atoms with E-state index in [9.17, 15) is 22.8 Å². The summed E-state index contributed by atoms with van der Waals surface area (Å²) >= 11 is 0. The number of nitrogens with zero attached hydrogens (tertiary/aromatic N) is 2. The van der Waals surface area contributed by atoms with Crippen molar-refractivity contribution in [2.24, 2.45) is 0 Å². The topological polar surface area (TPSA) is 52.7 Å². The predicted molar refractivity (Wildman–Crippen MR) is 115 cm³/mol. The fourth-order valence-electron chi connectivity index (χ4n) is 3.63. The Morgan fingerprint density at radius 3 is 2.19 bits per heavy atom. The largest absolute Gasteiger partial charge is 0.324 e. The van der Waals surface area contributed by atoms with Crippen molar-refractivity contribution in [3.05, 3.63) is 95.3 Å². The number of carbonyl (C=O) groups is 2. The SMILES string of the molecule is O=C(Nc1ccc(N2CCCN(Cc3ccccc3F)C2=O)cc1)c1c(F)cccc1F. The summed E-state index contributed by atoms with van der Waals surface area (Å²) in [6.07, 6.45) is 0.714. The van der Waals surface area contributed by atoms with Crippen LogP contribution in [0.2, 0.25) is 0 Å². The summed E-state index contributed by atoms with van der Waals surface area (Å²) in [7, 11) is 0. The van der Waals surface area contributed by atoms with Gasteiger partial charge < -0.3 is 10.2 Å². The maximum Gasteiger partial charge on any atom is 0.324 e. The fraction of sp³-hybridized carbons (Fsp3) is 0.167. The number of carbonyl (C=O) groups excluding carboxylic acids is 2. The van der Waals surface area contributed by atoms with Gasteiger partial charge in [0.05, 0.1) is 6.54 Å². The van der Waals surface area contributed by atoms with Gasteiger partial charge in [0.25, 0.3) is 5.91 Å². The Bertz CT molecular complexity index is 1130. The van der Waals surface area contributed by atoms with Crippen molar-refractivity contribution in [2.45, 2.75) is 13.0 Å². The lowest BCUT2D eigenvalue weighted by Gasteiger charge is -2.35. The molecule has 0 saturated carbocycles. The van der Waals surface area contributed by atoms with Crippen molar-refractivity contribution in [1.29, 1.82) is 0 Å². The Morgan fingerprint density at radius 2 is 1.50 bits per heavy atom. The molecule has 1 saturated heterocycles. The zero-order chi connectivity index (χ0) is 22.7. The number of hydrogen-bond donors (Lipinski definition) is 1. The van der Waals surface area contributed by atoms with Crippen LogP contribution in [0.4, 0.5) is 29.3 Å². The lowest BCUT2D eigenvalue weighted by molar-refractivity contribution is 0.101. The Balaban J connectivity index is 1.46. The van der Waals surface area contributed by atoms with E-state index < -0.39 is 23.1 Å². The van der Waals surface area contributed by atoms with Gasteiger partial charge in [0.15, 0.2) is 0 Å². The van der Waals surface area contributed by atoms with E-state index in [0.717, 1.165) is 12.1 Å². The van der Waals surface area contributed by atoms with Crippen molar-refractivity contribution in [3.8, 4) is 0 Å². The first-order valence-electron chi connectivity index (χ1n) is 10.1. The van der Waals surface area contributed by atoms with Crippen LogP contribution in [0.5, 0.6) is 0 Å². The monoisotopic (exact) mass is 439 g/mol. The average molecular weight is 439 g/mol. The molecule has 8 heteroatoms. The fourth-order valence-corrected chi connectivity index (χ4v) is 3.63. The molecule has 1 heterocycles. The van der Waals surface area contributed by atoms with E-state index in [2.05, 4.69) is 5.32 Å². The number of amides is 3. The molecule has 0 spiro atoms.